The molecule has 0 aliphatic heterocycles. The van der Waals surface area contributed by atoms with Crippen LogP contribution in [-0.2, 0) is 0 Å². The van der Waals surface area contributed by atoms with E-state index in [9.17, 15) is 0 Å². The molecular formula is C12H17BrN2S. The van der Waals surface area contributed by atoms with E-state index in [2.05, 4.69) is 34.8 Å². The van der Waals surface area contributed by atoms with E-state index in [-0.39, 0.29) is 0 Å². The summed E-state index contributed by atoms with van der Waals surface area (Å²) in [7, 11) is 2.07. The molecule has 1 rings (SSSR count). The Morgan fingerprint density at radius 3 is 2.75 bits per heavy atom. The smallest absolute Gasteiger partial charge is 0.106 e. The Balaban J connectivity index is 2.98. The van der Waals surface area contributed by atoms with Crippen molar-refractivity contribution in [2.24, 2.45) is 5.73 Å². The second-order valence-electron chi connectivity index (χ2n) is 3.80. The van der Waals surface area contributed by atoms with Gasteiger partial charge in [-0.2, -0.15) is 0 Å². The number of nitrogens with two attached hydrogens (primary N) is 1. The summed E-state index contributed by atoms with van der Waals surface area (Å²) < 4.78 is 1.00. The van der Waals surface area contributed by atoms with Gasteiger partial charge in [0.15, 0.2) is 0 Å². The van der Waals surface area contributed by atoms with Gasteiger partial charge in [-0.25, -0.2) is 0 Å². The number of halogens is 1. The van der Waals surface area contributed by atoms with Crippen molar-refractivity contribution in [3.63, 3.8) is 0 Å². The summed E-state index contributed by atoms with van der Waals surface area (Å²) in [5, 5.41) is 0. The van der Waals surface area contributed by atoms with Crippen LogP contribution in [0.25, 0.3) is 0 Å². The van der Waals surface area contributed by atoms with Gasteiger partial charge < -0.3 is 10.6 Å². The first-order valence-corrected chi connectivity index (χ1v) is 6.57. The van der Waals surface area contributed by atoms with Crippen LogP contribution in [0.4, 0.5) is 5.69 Å². The van der Waals surface area contributed by atoms with Crippen LogP contribution < -0.4 is 10.6 Å². The van der Waals surface area contributed by atoms with Crippen molar-refractivity contribution in [1.29, 1.82) is 0 Å². The Morgan fingerprint density at radius 1 is 1.50 bits per heavy atom. The molecule has 0 atom stereocenters. The predicted molar refractivity (Wildman–Crippen MR) is 78.2 cm³/mol. The lowest BCUT2D eigenvalue weighted by molar-refractivity contribution is 0.766. The predicted octanol–water partition coefficient (Wildman–Crippen LogP) is 3.32. The number of thiocarbonyl (C=S) groups is 1. The van der Waals surface area contributed by atoms with Crippen molar-refractivity contribution in [2.45, 2.75) is 19.8 Å². The highest BCUT2D eigenvalue weighted by Crippen LogP contribution is 2.24. The van der Waals surface area contributed by atoms with Crippen molar-refractivity contribution in [3.05, 3.63) is 28.2 Å². The highest BCUT2D eigenvalue weighted by Gasteiger charge is 2.09. The highest BCUT2D eigenvalue weighted by atomic mass is 79.9. The minimum absolute atomic E-state index is 0.444. The molecule has 0 amide bonds. The minimum Gasteiger partial charge on any atom is -0.389 e. The molecule has 0 saturated heterocycles. The zero-order valence-electron chi connectivity index (χ0n) is 9.66. The first-order chi connectivity index (χ1) is 7.56. The molecule has 0 aliphatic rings. The monoisotopic (exact) mass is 300 g/mol. The SMILES string of the molecule is CCCCN(C)c1ccc(Br)cc1C(N)=S. The third-order valence-electron chi connectivity index (χ3n) is 2.48. The molecule has 0 spiro atoms. The Kier molecular flexibility index (Phi) is 5.22. The van der Waals surface area contributed by atoms with Gasteiger partial charge in [0.25, 0.3) is 0 Å². The molecule has 2 N–H and O–H groups in total. The van der Waals surface area contributed by atoms with E-state index in [0.717, 1.165) is 22.3 Å². The van der Waals surface area contributed by atoms with Crippen LogP contribution in [0.5, 0.6) is 0 Å². The zero-order chi connectivity index (χ0) is 12.1. The van der Waals surface area contributed by atoms with Crippen molar-refractivity contribution in [1.82, 2.24) is 0 Å². The molecule has 0 bridgehead atoms. The number of hydrogen-bond donors (Lipinski definition) is 1. The Labute approximate surface area is 111 Å². The van der Waals surface area contributed by atoms with Gasteiger partial charge >= 0.3 is 0 Å². The average molecular weight is 301 g/mol. The second-order valence-corrected chi connectivity index (χ2v) is 5.16. The van der Waals surface area contributed by atoms with Gasteiger partial charge in [0.05, 0.1) is 0 Å². The zero-order valence-corrected chi connectivity index (χ0v) is 12.1. The van der Waals surface area contributed by atoms with Crippen LogP contribution in [0.3, 0.4) is 0 Å². The summed E-state index contributed by atoms with van der Waals surface area (Å²) in [4.78, 5) is 2.64. The van der Waals surface area contributed by atoms with Crippen LogP contribution >= 0.6 is 28.1 Å². The molecule has 0 aromatic heterocycles. The molecule has 0 radical (unpaired) electrons. The number of unbranched alkanes of at least 4 members (excludes halogenated alkanes) is 1. The summed E-state index contributed by atoms with van der Waals surface area (Å²) >= 11 is 8.50. The number of anilines is 1. The van der Waals surface area contributed by atoms with Crippen LogP contribution in [0, 0.1) is 0 Å². The molecule has 0 aliphatic carbocycles. The summed E-state index contributed by atoms with van der Waals surface area (Å²) in [5.74, 6) is 0. The molecule has 88 valence electrons. The third kappa shape index (κ3) is 3.46. The lowest BCUT2D eigenvalue weighted by Crippen LogP contribution is -2.22. The van der Waals surface area contributed by atoms with Crippen molar-refractivity contribution < 1.29 is 0 Å². The van der Waals surface area contributed by atoms with Crippen molar-refractivity contribution >= 4 is 38.8 Å². The first kappa shape index (κ1) is 13.5. The lowest BCUT2D eigenvalue weighted by Gasteiger charge is -2.22. The first-order valence-electron chi connectivity index (χ1n) is 5.36. The summed E-state index contributed by atoms with van der Waals surface area (Å²) in [6, 6.07) is 6.04. The van der Waals surface area contributed by atoms with Gasteiger partial charge in [-0.1, -0.05) is 41.5 Å². The van der Waals surface area contributed by atoms with E-state index >= 15 is 0 Å². The maximum absolute atomic E-state index is 5.73. The molecule has 0 heterocycles. The van der Waals surface area contributed by atoms with Gasteiger partial charge in [-0.05, 0) is 24.6 Å². The fourth-order valence-electron chi connectivity index (χ4n) is 1.55. The lowest BCUT2D eigenvalue weighted by atomic mass is 10.1. The quantitative estimate of drug-likeness (QED) is 0.846. The van der Waals surface area contributed by atoms with E-state index < -0.39 is 0 Å². The second kappa shape index (κ2) is 6.21. The third-order valence-corrected chi connectivity index (χ3v) is 3.20. The van der Waals surface area contributed by atoms with Gasteiger partial charge in [-0.3, -0.25) is 0 Å². The Hall–Kier alpha value is -0.610. The van der Waals surface area contributed by atoms with E-state index in [1.54, 1.807) is 0 Å². The van der Waals surface area contributed by atoms with Crippen molar-refractivity contribution in [3.8, 4) is 0 Å². The molecule has 2 nitrogen and oxygen atoms in total. The van der Waals surface area contributed by atoms with Gasteiger partial charge in [0.2, 0.25) is 0 Å². The summed E-state index contributed by atoms with van der Waals surface area (Å²) in [6.07, 6.45) is 2.35. The number of rotatable bonds is 5. The molecular weight excluding hydrogens is 284 g/mol. The molecule has 0 saturated carbocycles. The normalized spacial score (nSPS) is 10.2. The minimum atomic E-state index is 0.444. The van der Waals surface area contributed by atoms with E-state index in [1.807, 2.05) is 18.2 Å². The molecule has 4 heteroatoms. The molecule has 0 fully saturated rings. The summed E-state index contributed by atoms with van der Waals surface area (Å²) in [5.41, 5.74) is 7.77. The summed E-state index contributed by atoms with van der Waals surface area (Å²) in [6.45, 7) is 3.21. The Bertz CT molecular complexity index is 379. The molecule has 1 aromatic rings. The molecule has 16 heavy (non-hydrogen) atoms. The van der Waals surface area contributed by atoms with Crippen LogP contribution in [-0.4, -0.2) is 18.6 Å². The van der Waals surface area contributed by atoms with E-state index in [0.29, 0.717) is 4.99 Å². The topological polar surface area (TPSA) is 29.3 Å². The number of nitrogens with zero attached hydrogens (tertiary/aromatic N) is 1. The highest BCUT2D eigenvalue weighted by molar-refractivity contribution is 9.10. The van der Waals surface area contributed by atoms with Gasteiger partial charge in [0.1, 0.15) is 4.99 Å². The van der Waals surface area contributed by atoms with E-state index in [1.165, 1.54) is 12.8 Å². The number of benzene rings is 1. The fraction of sp³-hybridized carbons (Fsp3) is 0.417. The standard InChI is InChI=1S/C12H17BrN2S/c1-3-4-7-15(2)11-6-5-9(13)8-10(11)12(14)16/h5-6,8H,3-4,7H2,1-2H3,(H2,14,16). The maximum atomic E-state index is 5.73. The van der Waals surface area contributed by atoms with Crippen molar-refractivity contribution in [2.75, 3.05) is 18.5 Å². The number of hydrogen-bond acceptors (Lipinski definition) is 2. The van der Waals surface area contributed by atoms with Gasteiger partial charge in [-0.15, -0.1) is 0 Å². The van der Waals surface area contributed by atoms with Crippen LogP contribution in [0.2, 0.25) is 0 Å². The van der Waals surface area contributed by atoms with Crippen LogP contribution in [0.15, 0.2) is 22.7 Å². The largest absolute Gasteiger partial charge is 0.389 e. The van der Waals surface area contributed by atoms with Gasteiger partial charge in [0, 0.05) is 29.3 Å². The van der Waals surface area contributed by atoms with Crippen LogP contribution in [0.1, 0.15) is 25.3 Å². The fourth-order valence-corrected chi connectivity index (χ4v) is 2.08. The Morgan fingerprint density at radius 2 is 2.19 bits per heavy atom. The molecule has 1 aromatic carbocycles. The van der Waals surface area contributed by atoms with E-state index in [4.69, 9.17) is 18.0 Å². The maximum Gasteiger partial charge on any atom is 0.106 e. The molecule has 0 unspecified atom stereocenters. The average Bonchev–Trinajstić information content (AvgIpc) is 2.25.